The molecule has 3 rings (SSSR count). The van der Waals surface area contributed by atoms with Crippen LogP contribution in [0.1, 0.15) is 17.0 Å². The summed E-state index contributed by atoms with van der Waals surface area (Å²) in [7, 11) is -3.54. The van der Waals surface area contributed by atoms with Gasteiger partial charge in [-0.25, -0.2) is 12.8 Å². The summed E-state index contributed by atoms with van der Waals surface area (Å²) in [5.74, 6) is 0.425. The Hall–Kier alpha value is -1.59. The summed E-state index contributed by atoms with van der Waals surface area (Å²) in [6.45, 7) is 0. The Morgan fingerprint density at radius 3 is 2.50 bits per heavy atom. The second kappa shape index (κ2) is 5.89. The maximum atomic E-state index is 14.1. The van der Waals surface area contributed by atoms with E-state index >= 15 is 0 Å². The third-order valence-electron chi connectivity index (χ3n) is 3.72. The Morgan fingerprint density at radius 2 is 1.86 bits per heavy atom. The van der Waals surface area contributed by atoms with Crippen LogP contribution in [-0.4, -0.2) is 20.4 Å². The molecule has 0 bridgehead atoms. The van der Waals surface area contributed by atoms with Crippen molar-refractivity contribution in [2.75, 3.05) is 12.0 Å². The molecule has 2 aromatic carbocycles. The lowest BCUT2D eigenvalue weighted by Gasteiger charge is -2.15. The average Bonchev–Trinajstić information content (AvgIpc) is 2.96. The van der Waals surface area contributed by atoms with E-state index in [1.54, 1.807) is 17.8 Å². The van der Waals surface area contributed by atoms with Gasteiger partial charge < -0.3 is 0 Å². The number of benzene rings is 2. The summed E-state index contributed by atoms with van der Waals surface area (Å²) in [5, 5.41) is 2.03. The van der Waals surface area contributed by atoms with Gasteiger partial charge >= 0.3 is 0 Å². The molecule has 1 atom stereocenters. The molecule has 5 heteroatoms. The van der Waals surface area contributed by atoms with Gasteiger partial charge in [-0.2, -0.15) is 0 Å². The molecule has 114 valence electrons. The van der Waals surface area contributed by atoms with Gasteiger partial charge in [0.05, 0.1) is 0 Å². The molecule has 0 radical (unpaired) electrons. The van der Waals surface area contributed by atoms with Crippen LogP contribution >= 0.6 is 11.8 Å². The van der Waals surface area contributed by atoms with Crippen LogP contribution in [0.5, 0.6) is 0 Å². The molecule has 0 aliphatic carbocycles. The predicted octanol–water partition coefficient (Wildman–Crippen LogP) is 4.10. The maximum Gasteiger partial charge on any atom is 0.178 e. The Bertz CT molecular complexity index is 827. The van der Waals surface area contributed by atoms with E-state index in [9.17, 15) is 12.8 Å². The first-order chi connectivity index (χ1) is 10.5. The van der Waals surface area contributed by atoms with Gasteiger partial charge in [-0.15, -0.1) is 11.8 Å². The van der Waals surface area contributed by atoms with Crippen molar-refractivity contribution in [3.05, 3.63) is 70.9 Å². The Labute approximate surface area is 134 Å². The highest BCUT2D eigenvalue weighted by Crippen LogP contribution is 2.42. The van der Waals surface area contributed by atoms with Crippen molar-refractivity contribution < 1.29 is 12.8 Å². The Kier molecular flexibility index (Phi) is 4.10. The normalized spacial score (nSPS) is 18.3. The summed E-state index contributed by atoms with van der Waals surface area (Å²) < 4.78 is 37.1. The summed E-state index contributed by atoms with van der Waals surface area (Å²) in [6, 6.07) is 14.4. The van der Waals surface area contributed by atoms with E-state index in [1.165, 1.54) is 17.7 Å². The highest BCUT2D eigenvalue weighted by molar-refractivity contribution is 8.02. The van der Waals surface area contributed by atoms with E-state index in [0.29, 0.717) is 0 Å². The molecule has 0 aromatic heterocycles. The van der Waals surface area contributed by atoms with Crippen LogP contribution in [0.3, 0.4) is 0 Å². The molecule has 0 spiro atoms. The quantitative estimate of drug-likeness (QED) is 0.847. The third kappa shape index (κ3) is 2.96. The van der Waals surface area contributed by atoms with Gasteiger partial charge in [0, 0.05) is 17.9 Å². The topological polar surface area (TPSA) is 34.1 Å². The van der Waals surface area contributed by atoms with E-state index < -0.39 is 15.7 Å². The molecule has 1 heterocycles. The molecule has 2 nitrogen and oxygen atoms in total. The van der Waals surface area contributed by atoms with Crippen LogP contribution in [0.4, 0.5) is 4.39 Å². The Morgan fingerprint density at radius 1 is 1.14 bits per heavy atom. The van der Waals surface area contributed by atoms with Crippen molar-refractivity contribution in [3.63, 3.8) is 0 Å². The minimum Gasteiger partial charge on any atom is -0.224 e. The first-order valence-electron chi connectivity index (χ1n) is 6.83. The Balaban J connectivity index is 1.99. The number of halogens is 1. The number of allylic oxidation sites excluding steroid dienone is 1. The van der Waals surface area contributed by atoms with Crippen LogP contribution in [0.15, 0.2) is 58.8 Å². The van der Waals surface area contributed by atoms with E-state index in [0.717, 1.165) is 23.1 Å². The van der Waals surface area contributed by atoms with Crippen LogP contribution in [0.2, 0.25) is 0 Å². The standard InChI is InChI=1S/C17H15FO2S2/c1-22(19,20)17-8-7-13(9-16(17)18)15-11-21-10-14(15)12-5-3-2-4-6-12/h2-9,11,14H,10H2,1H3. The summed E-state index contributed by atoms with van der Waals surface area (Å²) in [4.78, 5) is -0.251. The van der Waals surface area contributed by atoms with E-state index in [1.807, 2.05) is 23.6 Å². The van der Waals surface area contributed by atoms with Crippen molar-refractivity contribution in [3.8, 4) is 0 Å². The van der Waals surface area contributed by atoms with Gasteiger partial charge in [0.1, 0.15) is 10.7 Å². The first kappa shape index (κ1) is 15.3. The molecule has 2 aromatic rings. The molecule has 0 amide bonds. The lowest BCUT2D eigenvalue weighted by atomic mass is 9.89. The van der Waals surface area contributed by atoms with E-state index in [-0.39, 0.29) is 10.8 Å². The summed E-state index contributed by atoms with van der Waals surface area (Å²) in [6.07, 6.45) is 1.02. The minimum atomic E-state index is -3.54. The third-order valence-corrected chi connectivity index (χ3v) is 5.79. The monoisotopic (exact) mass is 334 g/mol. The van der Waals surface area contributed by atoms with Gasteiger partial charge in [0.25, 0.3) is 0 Å². The fourth-order valence-electron chi connectivity index (χ4n) is 2.62. The van der Waals surface area contributed by atoms with Crippen molar-refractivity contribution >= 4 is 27.2 Å². The van der Waals surface area contributed by atoms with Gasteiger partial charge in [0.15, 0.2) is 9.84 Å². The number of hydrogen-bond donors (Lipinski definition) is 0. The summed E-state index contributed by atoms with van der Waals surface area (Å²) in [5.41, 5.74) is 2.96. The smallest absolute Gasteiger partial charge is 0.178 e. The fourth-order valence-corrected chi connectivity index (χ4v) is 4.49. The van der Waals surface area contributed by atoms with Crippen LogP contribution in [0, 0.1) is 5.82 Å². The highest BCUT2D eigenvalue weighted by Gasteiger charge is 2.24. The molecular weight excluding hydrogens is 319 g/mol. The number of sulfone groups is 1. The van der Waals surface area contributed by atoms with Gasteiger partial charge in [-0.1, -0.05) is 36.4 Å². The zero-order valence-electron chi connectivity index (χ0n) is 12.0. The number of thioether (sulfide) groups is 1. The lowest BCUT2D eigenvalue weighted by molar-refractivity contribution is 0.570. The maximum absolute atomic E-state index is 14.1. The zero-order valence-corrected chi connectivity index (χ0v) is 13.6. The van der Waals surface area contributed by atoms with Crippen LogP contribution < -0.4 is 0 Å². The summed E-state index contributed by atoms with van der Waals surface area (Å²) >= 11 is 1.69. The van der Waals surface area contributed by atoms with Gasteiger partial charge in [-0.3, -0.25) is 0 Å². The average molecular weight is 334 g/mol. The van der Waals surface area contributed by atoms with Crippen molar-refractivity contribution in [1.29, 1.82) is 0 Å². The zero-order chi connectivity index (χ0) is 15.7. The first-order valence-corrected chi connectivity index (χ1v) is 9.77. The molecule has 0 saturated carbocycles. The number of rotatable bonds is 3. The molecule has 0 saturated heterocycles. The second-order valence-electron chi connectivity index (χ2n) is 5.29. The molecule has 1 unspecified atom stereocenters. The van der Waals surface area contributed by atoms with Gasteiger partial charge in [-0.05, 0) is 34.2 Å². The molecule has 0 N–H and O–H groups in total. The van der Waals surface area contributed by atoms with Crippen molar-refractivity contribution in [2.24, 2.45) is 0 Å². The highest BCUT2D eigenvalue weighted by atomic mass is 32.2. The van der Waals surface area contributed by atoms with Gasteiger partial charge in [0.2, 0.25) is 0 Å². The largest absolute Gasteiger partial charge is 0.224 e. The van der Waals surface area contributed by atoms with Crippen molar-refractivity contribution in [1.82, 2.24) is 0 Å². The second-order valence-corrected chi connectivity index (χ2v) is 8.17. The lowest BCUT2D eigenvalue weighted by Crippen LogP contribution is -2.04. The van der Waals surface area contributed by atoms with E-state index in [4.69, 9.17) is 0 Å². The molecule has 0 fully saturated rings. The van der Waals surface area contributed by atoms with Crippen molar-refractivity contribution in [2.45, 2.75) is 10.8 Å². The van der Waals surface area contributed by atoms with E-state index in [2.05, 4.69) is 12.1 Å². The number of hydrogen-bond acceptors (Lipinski definition) is 3. The van der Waals surface area contributed by atoms with Crippen LogP contribution in [0.25, 0.3) is 5.57 Å². The SMILES string of the molecule is CS(=O)(=O)c1ccc(C2=CSCC2c2ccccc2)cc1F. The molecule has 1 aliphatic rings. The fraction of sp³-hybridized carbons (Fsp3) is 0.176. The minimum absolute atomic E-state index is 0.203. The molecular formula is C17H15FO2S2. The van der Waals surface area contributed by atoms with Crippen LogP contribution in [-0.2, 0) is 9.84 Å². The molecule has 22 heavy (non-hydrogen) atoms. The predicted molar refractivity (Wildman–Crippen MR) is 89.1 cm³/mol. The molecule has 1 aliphatic heterocycles.